The van der Waals surface area contributed by atoms with Gasteiger partial charge in [0.15, 0.2) is 0 Å². The van der Waals surface area contributed by atoms with Crippen LogP contribution < -0.4 is 10.0 Å². The highest BCUT2D eigenvalue weighted by atomic mass is 32.2. The van der Waals surface area contributed by atoms with Gasteiger partial charge in [0.05, 0.1) is 17.0 Å². The molecule has 0 aliphatic carbocycles. The van der Waals surface area contributed by atoms with Gasteiger partial charge in [0.25, 0.3) is 10.0 Å². The van der Waals surface area contributed by atoms with E-state index in [1.807, 2.05) is 68.4 Å². The van der Waals surface area contributed by atoms with Crippen LogP contribution in [0.4, 0.5) is 11.4 Å². The smallest absolute Gasteiger partial charge is 0.261 e. The number of amides is 1. The summed E-state index contributed by atoms with van der Waals surface area (Å²) in [6.07, 6.45) is 0.232. The van der Waals surface area contributed by atoms with Gasteiger partial charge < -0.3 is 5.32 Å². The normalized spacial score (nSPS) is 11.3. The number of anilines is 2. The van der Waals surface area contributed by atoms with Gasteiger partial charge in [-0.3, -0.25) is 9.52 Å². The molecule has 0 saturated heterocycles. The molecule has 0 atom stereocenters. The second-order valence-electron chi connectivity index (χ2n) is 7.81. The van der Waals surface area contributed by atoms with E-state index in [-0.39, 0.29) is 17.2 Å². The number of carbonyl (C=O) groups is 1. The maximum atomic E-state index is 12.7. The molecule has 0 aliphatic heterocycles. The summed E-state index contributed by atoms with van der Waals surface area (Å²) >= 11 is 0. The third kappa shape index (κ3) is 4.81. The first kappa shape index (κ1) is 21.6. The average molecular weight is 445 g/mol. The van der Waals surface area contributed by atoms with Gasteiger partial charge in [0.1, 0.15) is 0 Å². The van der Waals surface area contributed by atoms with Crippen LogP contribution >= 0.6 is 0 Å². The number of nitrogens with one attached hydrogen (secondary N) is 2. The first-order valence-electron chi connectivity index (χ1n) is 10.3. The summed E-state index contributed by atoms with van der Waals surface area (Å²) in [4.78, 5) is 12.7. The van der Waals surface area contributed by atoms with E-state index in [9.17, 15) is 13.2 Å². The van der Waals surface area contributed by atoms with Gasteiger partial charge in [-0.1, -0.05) is 60.2 Å². The standard InChI is InChI=1S/C26H24N2O3S/c1-18-10-15-25(19(2)16-18)28-32(30,31)23-13-11-22(12-14-23)27-26(29)17-21-8-5-7-20-6-3-4-9-24(20)21/h3-16,28H,17H2,1-2H3,(H,27,29). The second-order valence-corrected chi connectivity index (χ2v) is 9.49. The summed E-state index contributed by atoms with van der Waals surface area (Å²) in [5, 5.41) is 4.98. The SMILES string of the molecule is Cc1ccc(NS(=O)(=O)c2ccc(NC(=O)Cc3cccc4ccccc34)cc2)c(C)c1. The molecule has 0 bridgehead atoms. The van der Waals surface area contributed by atoms with Crippen LogP contribution in [0.25, 0.3) is 10.8 Å². The molecule has 6 heteroatoms. The Morgan fingerprint density at radius 3 is 2.31 bits per heavy atom. The summed E-state index contributed by atoms with van der Waals surface area (Å²) < 4.78 is 28.1. The van der Waals surface area contributed by atoms with Gasteiger partial charge in [-0.2, -0.15) is 0 Å². The van der Waals surface area contributed by atoms with Crippen molar-refractivity contribution in [2.45, 2.75) is 25.2 Å². The molecule has 0 aliphatic rings. The number of sulfonamides is 1. The van der Waals surface area contributed by atoms with Crippen molar-refractivity contribution in [1.29, 1.82) is 0 Å². The Balaban J connectivity index is 1.45. The first-order chi connectivity index (χ1) is 15.3. The minimum atomic E-state index is -3.73. The fourth-order valence-electron chi connectivity index (χ4n) is 3.67. The Kier molecular flexibility index (Phi) is 5.97. The largest absolute Gasteiger partial charge is 0.326 e. The Morgan fingerprint density at radius 1 is 0.844 bits per heavy atom. The molecule has 0 saturated carbocycles. The summed E-state index contributed by atoms with van der Waals surface area (Å²) in [6, 6.07) is 25.5. The third-order valence-electron chi connectivity index (χ3n) is 5.31. The summed E-state index contributed by atoms with van der Waals surface area (Å²) in [5.74, 6) is -0.162. The zero-order valence-corrected chi connectivity index (χ0v) is 18.7. The van der Waals surface area contributed by atoms with E-state index in [0.717, 1.165) is 27.5 Å². The average Bonchev–Trinajstić information content (AvgIpc) is 2.76. The molecule has 5 nitrogen and oxygen atoms in total. The highest BCUT2D eigenvalue weighted by molar-refractivity contribution is 7.92. The zero-order valence-electron chi connectivity index (χ0n) is 17.9. The summed E-state index contributed by atoms with van der Waals surface area (Å²) in [5.41, 5.74) is 3.95. The van der Waals surface area contributed by atoms with Crippen LogP contribution in [0, 0.1) is 13.8 Å². The van der Waals surface area contributed by atoms with Crippen molar-refractivity contribution in [2.75, 3.05) is 10.0 Å². The van der Waals surface area contributed by atoms with E-state index in [1.165, 1.54) is 12.1 Å². The van der Waals surface area contributed by atoms with Gasteiger partial charge in [0, 0.05) is 5.69 Å². The number of hydrogen-bond acceptors (Lipinski definition) is 3. The lowest BCUT2D eigenvalue weighted by atomic mass is 10.0. The Bertz CT molecular complexity index is 1390. The molecule has 0 aromatic heterocycles. The van der Waals surface area contributed by atoms with E-state index in [0.29, 0.717) is 11.4 Å². The molecule has 0 heterocycles. The van der Waals surface area contributed by atoms with Crippen molar-refractivity contribution in [2.24, 2.45) is 0 Å². The van der Waals surface area contributed by atoms with Crippen molar-refractivity contribution in [3.05, 3.63) is 102 Å². The van der Waals surface area contributed by atoms with Crippen molar-refractivity contribution in [1.82, 2.24) is 0 Å². The molecule has 4 aromatic carbocycles. The van der Waals surface area contributed by atoms with Crippen LogP contribution in [-0.4, -0.2) is 14.3 Å². The molecule has 0 unspecified atom stereocenters. The van der Waals surface area contributed by atoms with Gasteiger partial charge in [-0.25, -0.2) is 8.42 Å². The number of rotatable bonds is 6. The van der Waals surface area contributed by atoms with Crippen LogP contribution in [0.1, 0.15) is 16.7 Å². The molecule has 2 N–H and O–H groups in total. The zero-order chi connectivity index (χ0) is 22.7. The predicted octanol–water partition coefficient (Wildman–Crippen LogP) is 5.44. The molecule has 4 aromatic rings. The molecule has 0 fully saturated rings. The van der Waals surface area contributed by atoms with Gasteiger partial charge >= 0.3 is 0 Å². The van der Waals surface area contributed by atoms with Crippen LogP contribution in [0.15, 0.2) is 89.8 Å². The van der Waals surface area contributed by atoms with Gasteiger partial charge in [-0.05, 0) is 66.1 Å². The van der Waals surface area contributed by atoms with Gasteiger partial charge in [-0.15, -0.1) is 0 Å². The molecule has 162 valence electrons. The van der Waals surface area contributed by atoms with E-state index < -0.39 is 10.0 Å². The van der Waals surface area contributed by atoms with E-state index in [4.69, 9.17) is 0 Å². The topological polar surface area (TPSA) is 75.3 Å². The lowest BCUT2D eigenvalue weighted by Gasteiger charge is -2.12. The number of benzene rings is 4. The Hall–Kier alpha value is -3.64. The number of aryl methyl sites for hydroxylation is 2. The molecular weight excluding hydrogens is 420 g/mol. The highest BCUT2D eigenvalue weighted by Crippen LogP contribution is 2.23. The minimum absolute atomic E-state index is 0.129. The Morgan fingerprint density at radius 2 is 1.56 bits per heavy atom. The van der Waals surface area contributed by atoms with Crippen molar-refractivity contribution >= 4 is 38.1 Å². The van der Waals surface area contributed by atoms with Crippen LogP contribution in [-0.2, 0) is 21.2 Å². The van der Waals surface area contributed by atoms with Crippen LogP contribution in [0.5, 0.6) is 0 Å². The monoisotopic (exact) mass is 444 g/mol. The van der Waals surface area contributed by atoms with E-state index in [2.05, 4.69) is 10.0 Å². The van der Waals surface area contributed by atoms with Crippen molar-refractivity contribution < 1.29 is 13.2 Å². The molecule has 32 heavy (non-hydrogen) atoms. The Labute approximate surface area is 188 Å². The number of carbonyl (C=O) groups excluding carboxylic acids is 1. The van der Waals surface area contributed by atoms with E-state index in [1.54, 1.807) is 18.2 Å². The molecular formula is C26H24N2O3S. The molecule has 0 radical (unpaired) electrons. The lowest BCUT2D eigenvalue weighted by Crippen LogP contribution is -2.16. The quantitative estimate of drug-likeness (QED) is 0.416. The maximum absolute atomic E-state index is 12.7. The van der Waals surface area contributed by atoms with Crippen LogP contribution in [0.2, 0.25) is 0 Å². The lowest BCUT2D eigenvalue weighted by molar-refractivity contribution is -0.115. The number of fused-ring (bicyclic) bond motifs is 1. The fraction of sp³-hybridized carbons (Fsp3) is 0.115. The summed E-state index contributed by atoms with van der Waals surface area (Å²) in [7, 11) is -3.73. The number of hydrogen-bond donors (Lipinski definition) is 2. The van der Waals surface area contributed by atoms with Crippen molar-refractivity contribution in [3.63, 3.8) is 0 Å². The molecule has 1 amide bonds. The van der Waals surface area contributed by atoms with Crippen molar-refractivity contribution in [3.8, 4) is 0 Å². The highest BCUT2D eigenvalue weighted by Gasteiger charge is 2.16. The minimum Gasteiger partial charge on any atom is -0.326 e. The summed E-state index contributed by atoms with van der Waals surface area (Å²) in [6.45, 7) is 3.82. The van der Waals surface area contributed by atoms with E-state index >= 15 is 0 Å². The van der Waals surface area contributed by atoms with Crippen LogP contribution in [0.3, 0.4) is 0 Å². The third-order valence-corrected chi connectivity index (χ3v) is 6.69. The van der Waals surface area contributed by atoms with Gasteiger partial charge in [0.2, 0.25) is 5.91 Å². The predicted molar refractivity (Wildman–Crippen MR) is 129 cm³/mol. The molecule has 0 spiro atoms. The fourth-order valence-corrected chi connectivity index (χ4v) is 4.80. The second kappa shape index (κ2) is 8.85. The maximum Gasteiger partial charge on any atom is 0.261 e. The first-order valence-corrected chi connectivity index (χ1v) is 11.8. The molecule has 4 rings (SSSR count).